The molecule has 3 N–H and O–H groups in total. The average Bonchev–Trinajstić information content (AvgIpc) is 3.28. The van der Waals surface area contributed by atoms with Crippen molar-refractivity contribution in [3.8, 4) is 22.5 Å². The quantitative estimate of drug-likeness (QED) is 0.356. The van der Waals surface area contributed by atoms with Crippen LogP contribution in [0.2, 0.25) is 0 Å². The summed E-state index contributed by atoms with van der Waals surface area (Å²) in [5.41, 5.74) is 5.10. The Labute approximate surface area is 203 Å². The van der Waals surface area contributed by atoms with Gasteiger partial charge in [-0.3, -0.25) is 15.2 Å². The summed E-state index contributed by atoms with van der Waals surface area (Å²) < 4.78 is 29.6. The third kappa shape index (κ3) is 5.27. The number of nitrogens with one attached hydrogen (secondary N) is 3. The molecule has 3 aromatic heterocycles. The van der Waals surface area contributed by atoms with Crippen LogP contribution in [-0.4, -0.2) is 47.1 Å². The lowest BCUT2D eigenvalue weighted by molar-refractivity contribution is 0.0935. The summed E-state index contributed by atoms with van der Waals surface area (Å²) in [5.74, 6) is -1.43. The van der Waals surface area contributed by atoms with Gasteiger partial charge in [-0.15, -0.1) is 10.2 Å². The first-order valence-electron chi connectivity index (χ1n) is 10.6. The highest BCUT2D eigenvalue weighted by atomic mass is 19.1. The molecule has 0 radical (unpaired) electrons. The normalized spacial score (nSPS) is 11.6. The number of tetrazole rings is 1. The fraction of sp³-hybridized carbons (Fsp3) is 0.182. The number of nitrogens with zero attached hydrogens (tertiary/aromatic N) is 7. The number of rotatable bonds is 5. The first kappa shape index (κ1) is 24.3. The van der Waals surface area contributed by atoms with Crippen LogP contribution in [0.15, 0.2) is 42.9 Å². The third-order valence-electron chi connectivity index (χ3n) is 5.02. The van der Waals surface area contributed by atoms with Crippen LogP contribution in [0.4, 0.5) is 13.6 Å². The number of carbonyl (C=O) groups is 2. The fourth-order valence-corrected chi connectivity index (χ4v) is 3.29. The number of amides is 3. The van der Waals surface area contributed by atoms with Crippen LogP contribution < -0.4 is 16.2 Å². The summed E-state index contributed by atoms with van der Waals surface area (Å²) in [4.78, 5) is 37.3. The summed E-state index contributed by atoms with van der Waals surface area (Å²) >= 11 is 0. The molecule has 14 heteroatoms. The summed E-state index contributed by atoms with van der Waals surface area (Å²) in [6.45, 7) is 3.18. The van der Waals surface area contributed by atoms with Crippen molar-refractivity contribution >= 4 is 11.9 Å². The van der Waals surface area contributed by atoms with Gasteiger partial charge in [-0.2, -0.15) is 4.80 Å². The van der Waals surface area contributed by atoms with Crippen molar-refractivity contribution in [1.29, 1.82) is 0 Å². The Morgan fingerprint density at radius 2 is 1.78 bits per heavy atom. The second-order valence-electron chi connectivity index (χ2n) is 7.65. The number of pyridine rings is 1. The zero-order valence-electron chi connectivity index (χ0n) is 19.3. The number of benzene rings is 1. The molecule has 0 spiro atoms. The number of urea groups is 1. The zero-order valence-corrected chi connectivity index (χ0v) is 19.3. The van der Waals surface area contributed by atoms with E-state index in [0.29, 0.717) is 11.4 Å². The largest absolute Gasteiger partial charge is 0.334 e. The molecule has 184 valence electrons. The standard InChI is InChI=1S/C22H20F2N10O2/c1-11(28-22(36)31-30-21(35)14-9-25-12(2)26-10-14)19-17(24)7-13(8-27-19)15-5-4-6-16(23)18(15)20-29-33-34(3)32-20/h4-11H,1-3H3,(H,30,35)(H2,28,31,36). The lowest BCUT2D eigenvalue weighted by atomic mass is 9.99. The van der Waals surface area contributed by atoms with Gasteiger partial charge in [-0.1, -0.05) is 12.1 Å². The molecular weight excluding hydrogens is 474 g/mol. The first-order chi connectivity index (χ1) is 17.2. The predicted molar refractivity (Wildman–Crippen MR) is 122 cm³/mol. The highest BCUT2D eigenvalue weighted by Gasteiger charge is 2.20. The second-order valence-corrected chi connectivity index (χ2v) is 7.65. The van der Waals surface area contributed by atoms with Crippen LogP contribution in [0.5, 0.6) is 0 Å². The van der Waals surface area contributed by atoms with Gasteiger partial charge >= 0.3 is 6.03 Å². The van der Waals surface area contributed by atoms with E-state index in [4.69, 9.17) is 0 Å². The highest BCUT2D eigenvalue weighted by Crippen LogP contribution is 2.32. The molecule has 0 bridgehead atoms. The summed E-state index contributed by atoms with van der Waals surface area (Å²) in [6.07, 6.45) is 3.97. The predicted octanol–water partition coefficient (Wildman–Crippen LogP) is 2.02. The molecule has 12 nitrogen and oxygen atoms in total. The van der Waals surface area contributed by atoms with Gasteiger partial charge in [0.05, 0.1) is 29.9 Å². The smallest absolute Gasteiger partial charge is 0.329 e. The first-order valence-corrected chi connectivity index (χ1v) is 10.6. The Kier molecular flexibility index (Phi) is 6.85. The van der Waals surface area contributed by atoms with E-state index < -0.39 is 29.6 Å². The van der Waals surface area contributed by atoms with E-state index in [-0.39, 0.29) is 28.2 Å². The van der Waals surface area contributed by atoms with Crippen molar-refractivity contribution in [1.82, 2.24) is 51.3 Å². The maximum atomic E-state index is 15.0. The molecule has 4 aromatic rings. The molecule has 4 rings (SSSR count). The van der Waals surface area contributed by atoms with Crippen LogP contribution in [-0.2, 0) is 7.05 Å². The van der Waals surface area contributed by atoms with Gasteiger partial charge in [0, 0.05) is 24.2 Å². The molecular formula is C22H20F2N10O2. The number of carbonyl (C=O) groups excluding carboxylic acids is 2. The molecule has 0 aliphatic rings. The Morgan fingerprint density at radius 3 is 2.44 bits per heavy atom. The lowest BCUT2D eigenvalue weighted by Gasteiger charge is -2.16. The van der Waals surface area contributed by atoms with Gasteiger partial charge in [0.2, 0.25) is 5.82 Å². The van der Waals surface area contributed by atoms with Crippen molar-refractivity contribution in [2.75, 3.05) is 0 Å². The topological polar surface area (TPSA) is 152 Å². The SMILES string of the molecule is Cc1ncc(C(=O)NNC(=O)NC(C)c2ncc(-c3cccc(F)c3-c3nnn(C)n3)cc2F)cn1. The molecule has 0 saturated carbocycles. The minimum absolute atomic E-state index is 0.0426. The van der Waals surface area contributed by atoms with Crippen LogP contribution in [0.25, 0.3) is 22.5 Å². The molecule has 3 amide bonds. The molecule has 1 aromatic carbocycles. The molecule has 1 atom stereocenters. The number of hydrogen-bond donors (Lipinski definition) is 3. The maximum absolute atomic E-state index is 15.0. The Balaban J connectivity index is 1.46. The molecule has 36 heavy (non-hydrogen) atoms. The van der Waals surface area contributed by atoms with E-state index in [1.807, 2.05) is 0 Å². The van der Waals surface area contributed by atoms with Crippen LogP contribution in [0.1, 0.15) is 34.8 Å². The molecule has 0 saturated heterocycles. The Hall–Kier alpha value is -4.88. The number of hydrazine groups is 1. The molecule has 1 unspecified atom stereocenters. The Morgan fingerprint density at radius 1 is 1.03 bits per heavy atom. The van der Waals surface area contributed by atoms with Gasteiger partial charge in [-0.05, 0) is 36.8 Å². The van der Waals surface area contributed by atoms with Crippen molar-refractivity contribution in [3.63, 3.8) is 0 Å². The van der Waals surface area contributed by atoms with Crippen molar-refractivity contribution in [3.05, 3.63) is 71.6 Å². The number of aromatic nitrogens is 7. The van der Waals surface area contributed by atoms with E-state index in [1.54, 1.807) is 20.0 Å². The minimum Gasteiger partial charge on any atom is -0.329 e. The Bertz CT molecular complexity index is 1420. The molecule has 0 aliphatic carbocycles. The summed E-state index contributed by atoms with van der Waals surface area (Å²) in [5, 5.41) is 14.1. The molecule has 0 fully saturated rings. The van der Waals surface area contributed by atoms with Crippen LogP contribution >= 0.6 is 0 Å². The minimum atomic E-state index is -0.868. The van der Waals surface area contributed by atoms with Gasteiger partial charge in [0.25, 0.3) is 5.91 Å². The van der Waals surface area contributed by atoms with Crippen LogP contribution in [0.3, 0.4) is 0 Å². The average molecular weight is 494 g/mol. The number of halogens is 2. The van der Waals surface area contributed by atoms with Gasteiger partial charge in [-0.25, -0.2) is 29.0 Å². The maximum Gasteiger partial charge on any atom is 0.334 e. The summed E-state index contributed by atoms with van der Waals surface area (Å²) in [7, 11) is 1.54. The van der Waals surface area contributed by atoms with E-state index in [1.165, 1.54) is 48.5 Å². The number of aryl methyl sites for hydroxylation is 2. The van der Waals surface area contributed by atoms with E-state index >= 15 is 0 Å². The van der Waals surface area contributed by atoms with Gasteiger partial charge in [0.1, 0.15) is 17.5 Å². The summed E-state index contributed by atoms with van der Waals surface area (Å²) in [6, 6.07) is 3.81. The van der Waals surface area contributed by atoms with Crippen molar-refractivity contribution in [2.24, 2.45) is 7.05 Å². The zero-order chi connectivity index (χ0) is 25.8. The van der Waals surface area contributed by atoms with E-state index in [0.717, 1.165) is 0 Å². The lowest BCUT2D eigenvalue weighted by Crippen LogP contribution is -2.47. The number of hydrogen-bond acceptors (Lipinski definition) is 8. The molecule has 0 aliphatic heterocycles. The van der Waals surface area contributed by atoms with Gasteiger partial charge < -0.3 is 5.32 Å². The monoisotopic (exact) mass is 494 g/mol. The van der Waals surface area contributed by atoms with E-state index in [9.17, 15) is 18.4 Å². The molecule has 3 heterocycles. The second kappa shape index (κ2) is 10.2. The van der Waals surface area contributed by atoms with Crippen molar-refractivity contribution in [2.45, 2.75) is 19.9 Å². The van der Waals surface area contributed by atoms with Gasteiger partial charge in [0.15, 0.2) is 0 Å². The van der Waals surface area contributed by atoms with Crippen molar-refractivity contribution < 1.29 is 18.4 Å². The fourth-order valence-electron chi connectivity index (χ4n) is 3.29. The van der Waals surface area contributed by atoms with E-state index in [2.05, 4.69) is 46.5 Å². The highest BCUT2D eigenvalue weighted by molar-refractivity contribution is 5.94. The van der Waals surface area contributed by atoms with Crippen LogP contribution in [0, 0.1) is 18.6 Å². The third-order valence-corrected chi connectivity index (χ3v) is 5.02.